The second kappa shape index (κ2) is 10.2. The van der Waals surface area contributed by atoms with Gasteiger partial charge in [0.1, 0.15) is 5.75 Å². The molecule has 1 atom stereocenters. The van der Waals surface area contributed by atoms with Gasteiger partial charge in [-0.05, 0) is 18.6 Å². The number of hydrogen-bond donors (Lipinski definition) is 2. The molecule has 0 spiro atoms. The van der Waals surface area contributed by atoms with Gasteiger partial charge in [-0.25, -0.2) is 4.98 Å². The first-order valence-corrected chi connectivity index (χ1v) is 11.4. The zero-order valence-electron chi connectivity index (χ0n) is 18.0. The highest BCUT2D eigenvalue weighted by Gasteiger charge is 2.23. The molecule has 1 heterocycles. The Balaban J connectivity index is 1.61. The van der Waals surface area contributed by atoms with Crippen LogP contribution in [0, 0.1) is 0 Å². The van der Waals surface area contributed by atoms with Crippen molar-refractivity contribution in [2.24, 2.45) is 0 Å². The molecular weight excluding hydrogens is 418 g/mol. The van der Waals surface area contributed by atoms with Crippen molar-refractivity contribution in [3.05, 3.63) is 84.9 Å². The van der Waals surface area contributed by atoms with E-state index in [1.807, 2.05) is 79.7 Å². The molecule has 1 aromatic heterocycles. The molecule has 32 heavy (non-hydrogen) atoms. The van der Waals surface area contributed by atoms with Gasteiger partial charge in [0.15, 0.2) is 5.16 Å². The number of carbonyl (C=O) groups excluding carboxylic acids is 1. The minimum atomic E-state index is -0.307. The van der Waals surface area contributed by atoms with Crippen LogP contribution in [0.1, 0.15) is 13.3 Å². The first kappa shape index (κ1) is 21.7. The van der Waals surface area contributed by atoms with Crippen molar-refractivity contribution in [2.75, 3.05) is 12.4 Å². The number of methoxy groups -OCH3 is 1. The third kappa shape index (κ3) is 4.86. The van der Waals surface area contributed by atoms with E-state index in [2.05, 4.69) is 22.4 Å². The first-order chi connectivity index (χ1) is 15.7. The Labute approximate surface area is 192 Å². The number of nitrogens with one attached hydrogen (secondary N) is 2. The van der Waals surface area contributed by atoms with Crippen LogP contribution in [-0.4, -0.2) is 28.2 Å². The summed E-state index contributed by atoms with van der Waals surface area (Å²) in [6, 6.07) is 27.6. The zero-order chi connectivity index (χ0) is 22.3. The van der Waals surface area contributed by atoms with Gasteiger partial charge in [0.05, 0.1) is 29.4 Å². The number of para-hydroxylation sites is 2. The number of benzene rings is 3. The van der Waals surface area contributed by atoms with E-state index in [9.17, 15) is 4.79 Å². The van der Waals surface area contributed by atoms with Crippen LogP contribution in [0.3, 0.4) is 0 Å². The van der Waals surface area contributed by atoms with E-state index in [4.69, 9.17) is 9.72 Å². The van der Waals surface area contributed by atoms with Gasteiger partial charge in [-0.1, -0.05) is 91.5 Å². The smallest absolute Gasteiger partial charge is 0.238 e. The number of carbonyl (C=O) groups is 1. The summed E-state index contributed by atoms with van der Waals surface area (Å²) >= 11 is 1.43. The average molecular weight is 444 g/mol. The average Bonchev–Trinajstić information content (AvgIpc) is 3.28. The molecule has 4 aromatic rings. The molecular formula is C26H25N3O2S. The van der Waals surface area contributed by atoms with E-state index in [1.165, 1.54) is 11.8 Å². The fourth-order valence-electron chi connectivity index (χ4n) is 3.44. The van der Waals surface area contributed by atoms with E-state index < -0.39 is 0 Å². The van der Waals surface area contributed by atoms with Crippen LogP contribution in [-0.2, 0) is 4.79 Å². The van der Waals surface area contributed by atoms with Gasteiger partial charge in [0.25, 0.3) is 0 Å². The van der Waals surface area contributed by atoms with Crippen LogP contribution in [0.5, 0.6) is 5.75 Å². The summed E-state index contributed by atoms with van der Waals surface area (Å²) in [5.74, 6) is 0.553. The van der Waals surface area contributed by atoms with Crippen LogP contribution in [0.15, 0.2) is 90.1 Å². The molecule has 0 aliphatic heterocycles. The minimum Gasteiger partial charge on any atom is -0.495 e. The number of ether oxygens (including phenoxy) is 1. The Morgan fingerprint density at radius 1 is 0.969 bits per heavy atom. The number of aromatic nitrogens is 2. The molecule has 0 aliphatic rings. The number of aromatic amines is 1. The van der Waals surface area contributed by atoms with Crippen molar-refractivity contribution in [3.8, 4) is 28.3 Å². The molecule has 0 saturated carbocycles. The number of hydrogen-bond acceptors (Lipinski definition) is 4. The maximum Gasteiger partial charge on any atom is 0.238 e. The summed E-state index contributed by atoms with van der Waals surface area (Å²) in [5, 5.41) is 3.40. The number of thioether (sulfide) groups is 1. The third-order valence-electron chi connectivity index (χ3n) is 5.07. The van der Waals surface area contributed by atoms with E-state index >= 15 is 0 Å². The molecule has 1 unspecified atom stereocenters. The van der Waals surface area contributed by atoms with Crippen molar-refractivity contribution in [1.82, 2.24) is 9.97 Å². The highest BCUT2D eigenvalue weighted by molar-refractivity contribution is 8.00. The van der Waals surface area contributed by atoms with Gasteiger partial charge in [-0.3, -0.25) is 4.79 Å². The van der Waals surface area contributed by atoms with Gasteiger partial charge in [-0.2, -0.15) is 0 Å². The second-order valence-corrected chi connectivity index (χ2v) is 8.39. The molecule has 4 rings (SSSR count). The molecule has 162 valence electrons. The normalized spacial score (nSPS) is 11.7. The number of nitrogens with zero attached hydrogens (tertiary/aromatic N) is 1. The van der Waals surface area contributed by atoms with Crippen LogP contribution >= 0.6 is 11.8 Å². The van der Waals surface area contributed by atoms with Crippen LogP contribution < -0.4 is 10.1 Å². The Kier molecular flexibility index (Phi) is 6.92. The Morgan fingerprint density at radius 3 is 2.25 bits per heavy atom. The number of imidazole rings is 1. The summed E-state index contributed by atoms with van der Waals surface area (Å²) in [5.41, 5.74) is 4.56. The molecule has 5 nitrogen and oxygen atoms in total. The molecule has 0 aliphatic carbocycles. The third-order valence-corrected chi connectivity index (χ3v) is 6.32. The molecule has 3 aromatic carbocycles. The van der Waals surface area contributed by atoms with Crippen molar-refractivity contribution in [2.45, 2.75) is 23.8 Å². The van der Waals surface area contributed by atoms with E-state index in [-0.39, 0.29) is 11.2 Å². The Morgan fingerprint density at radius 2 is 1.59 bits per heavy atom. The summed E-state index contributed by atoms with van der Waals surface area (Å²) in [6.45, 7) is 2.00. The molecule has 1 amide bonds. The van der Waals surface area contributed by atoms with Crippen molar-refractivity contribution in [3.63, 3.8) is 0 Å². The summed E-state index contributed by atoms with van der Waals surface area (Å²) in [6.07, 6.45) is 0.660. The van der Waals surface area contributed by atoms with Crippen LogP contribution in [0.25, 0.3) is 22.5 Å². The number of rotatable bonds is 8. The van der Waals surface area contributed by atoms with Crippen molar-refractivity contribution < 1.29 is 9.53 Å². The maximum absolute atomic E-state index is 13.0. The molecule has 0 radical (unpaired) electrons. The predicted molar refractivity (Wildman–Crippen MR) is 131 cm³/mol. The molecule has 6 heteroatoms. The quantitative estimate of drug-likeness (QED) is 0.315. The topological polar surface area (TPSA) is 67.0 Å². The lowest BCUT2D eigenvalue weighted by atomic mass is 10.1. The van der Waals surface area contributed by atoms with Gasteiger partial charge in [0, 0.05) is 11.1 Å². The van der Waals surface area contributed by atoms with Crippen LogP contribution in [0.4, 0.5) is 5.69 Å². The Bertz CT molecular complexity index is 1120. The molecule has 2 N–H and O–H groups in total. The fourth-order valence-corrected chi connectivity index (χ4v) is 4.35. The highest BCUT2D eigenvalue weighted by Crippen LogP contribution is 2.35. The van der Waals surface area contributed by atoms with Gasteiger partial charge in [0.2, 0.25) is 5.91 Å². The molecule has 0 saturated heterocycles. The van der Waals surface area contributed by atoms with Gasteiger partial charge in [-0.15, -0.1) is 0 Å². The zero-order valence-corrected chi connectivity index (χ0v) is 18.9. The largest absolute Gasteiger partial charge is 0.495 e. The Hall–Kier alpha value is -3.51. The maximum atomic E-state index is 13.0. The molecule has 0 bridgehead atoms. The van der Waals surface area contributed by atoms with E-state index in [0.717, 1.165) is 22.5 Å². The summed E-state index contributed by atoms with van der Waals surface area (Å²) < 4.78 is 5.35. The van der Waals surface area contributed by atoms with E-state index in [0.29, 0.717) is 23.0 Å². The van der Waals surface area contributed by atoms with Crippen molar-refractivity contribution in [1.29, 1.82) is 0 Å². The monoisotopic (exact) mass is 443 g/mol. The number of anilines is 1. The number of amides is 1. The first-order valence-electron chi connectivity index (χ1n) is 10.5. The SMILES string of the molecule is CCC(Sc1nc(-c2ccccc2)c(-c2ccccc2)[nH]1)C(=O)Nc1ccccc1OC. The van der Waals surface area contributed by atoms with Crippen molar-refractivity contribution >= 4 is 23.4 Å². The lowest BCUT2D eigenvalue weighted by Gasteiger charge is -2.15. The predicted octanol–water partition coefficient (Wildman–Crippen LogP) is 6.26. The molecule has 0 fully saturated rings. The highest BCUT2D eigenvalue weighted by atomic mass is 32.2. The summed E-state index contributed by atoms with van der Waals surface area (Å²) in [4.78, 5) is 21.3. The summed E-state index contributed by atoms with van der Waals surface area (Å²) in [7, 11) is 1.59. The van der Waals surface area contributed by atoms with Crippen LogP contribution in [0.2, 0.25) is 0 Å². The van der Waals surface area contributed by atoms with Gasteiger partial charge >= 0.3 is 0 Å². The number of H-pyrrole nitrogens is 1. The van der Waals surface area contributed by atoms with Gasteiger partial charge < -0.3 is 15.0 Å². The second-order valence-electron chi connectivity index (χ2n) is 7.20. The fraction of sp³-hybridized carbons (Fsp3) is 0.154. The lowest BCUT2D eigenvalue weighted by molar-refractivity contribution is -0.115. The minimum absolute atomic E-state index is 0.0825. The standard InChI is InChI=1S/C26H25N3O2S/c1-3-22(25(30)27-20-16-10-11-17-21(20)31-2)32-26-28-23(18-12-6-4-7-13-18)24(29-26)19-14-8-5-9-15-19/h4-17,22H,3H2,1-2H3,(H,27,30)(H,28,29). The lowest BCUT2D eigenvalue weighted by Crippen LogP contribution is -2.25. The van der Waals surface area contributed by atoms with E-state index in [1.54, 1.807) is 7.11 Å².